The minimum atomic E-state index is -1.87. The zero-order chi connectivity index (χ0) is 14.5. The van der Waals surface area contributed by atoms with E-state index in [1.165, 1.54) is 0 Å². The summed E-state index contributed by atoms with van der Waals surface area (Å²) in [5.41, 5.74) is 10.1. The third kappa shape index (κ3) is 4.46. The van der Waals surface area contributed by atoms with E-state index in [1.807, 2.05) is 43.9 Å². The standard InChI is InChI=1S/C14H20N2O2Si/c1-18-12-8-5-11(6-9-12)7-10-13(17)14(16-15)19(2,3)4/h5-6,8-9H,7,10H2,1-4H3. The van der Waals surface area contributed by atoms with Gasteiger partial charge in [-0.15, -0.1) is 0 Å². The van der Waals surface area contributed by atoms with Gasteiger partial charge in [-0.2, -0.15) is 4.79 Å². The molecule has 102 valence electrons. The van der Waals surface area contributed by atoms with Crippen LogP contribution in [-0.2, 0) is 11.2 Å². The van der Waals surface area contributed by atoms with E-state index in [9.17, 15) is 4.79 Å². The fourth-order valence-electron chi connectivity index (χ4n) is 1.79. The Morgan fingerprint density at radius 1 is 1.26 bits per heavy atom. The fraction of sp³-hybridized carbons (Fsp3) is 0.429. The number of hydrogen-bond donors (Lipinski definition) is 0. The zero-order valence-corrected chi connectivity index (χ0v) is 12.9. The average molecular weight is 276 g/mol. The van der Waals surface area contributed by atoms with Gasteiger partial charge in [0.25, 0.3) is 5.33 Å². The third-order valence-corrected chi connectivity index (χ3v) is 4.67. The highest BCUT2D eigenvalue weighted by Crippen LogP contribution is 2.13. The second kappa shape index (κ2) is 6.45. The van der Waals surface area contributed by atoms with Gasteiger partial charge in [0.15, 0.2) is 8.07 Å². The average Bonchev–Trinajstić information content (AvgIpc) is 2.36. The Bertz CT molecular complexity index is 497. The Kier molecular flexibility index (Phi) is 5.21. The molecule has 0 aromatic heterocycles. The molecule has 0 N–H and O–H groups in total. The van der Waals surface area contributed by atoms with Crippen LogP contribution in [0.4, 0.5) is 0 Å². The number of hydrogen-bond acceptors (Lipinski definition) is 2. The predicted molar refractivity (Wildman–Crippen MR) is 78.3 cm³/mol. The first-order chi connectivity index (χ1) is 8.88. The molecule has 5 heteroatoms. The lowest BCUT2D eigenvalue weighted by molar-refractivity contribution is -0.116. The highest BCUT2D eigenvalue weighted by Gasteiger charge is 2.35. The van der Waals surface area contributed by atoms with E-state index in [0.717, 1.165) is 11.3 Å². The van der Waals surface area contributed by atoms with Crippen LogP contribution >= 0.6 is 0 Å². The number of nitrogens with zero attached hydrogens (tertiary/aromatic N) is 2. The number of ether oxygens (including phenoxy) is 1. The molecule has 1 rings (SSSR count). The van der Waals surface area contributed by atoms with Gasteiger partial charge in [-0.1, -0.05) is 31.8 Å². The number of methoxy groups -OCH3 is 1. The van der Waals surface area contributed by atoms with Crippen LogP contribution in [0.5, 0.6) is 5.75 Å². The van der Waals surface area contributed by atoms with Crippen molar-refractivity contribution >= 4 is 19.2 Å². The maximum atomic E-state index is 12.0. The molecular formula is C14H20N2O2Si. The molecule has 4 nitrogen and oxygen atoms in total. The summed E-state index contributed by atoms with van der Waals surface area (Å²) in [6.07, 6.45) is 1.02. The lowest BCUT2D eigenvalue weighted by Gasteiger charge is -2.08. The van der Waals surface area contributed by atoms with Gasteiger partial charge < -0.3 is 10.3 Å². The molecule has 0 atom stereocenters. The summed E-state index contributed by atoms with van der Waals surface area (Å²) in [5, 5.41) is 0.362. The Morgan fingerprint density at radius 3 is 2.26 bits per heavy atom. The summed E-state index contributed by atoms with van der Waals surface area (Å²) in [7, 11) is -0.251. The monoisotopic (exact) mass is 276 g/mol. The predicted octanol–water partition coefficient (Wildman–Crippen LogP) is 2.75. The normalized spacial score (nSPS) is 10.7. The maximum Gasteiger partial charge on any atom is 0.299 e. The summed E-state index contributed by atoms with van der Waals surface area (Å²) in [6, 6.07) is 7.63. The molecule has 0 aliphatic heterocycles. The number of carbonyl (C=O) groups is 1. The smallest absolute Gasteiger partial charge is 0.299 e. The summed E-state index contributed by atoms with van der Waals surface area (Å²) in [6.45, 7) is 5.98. The van der Waals surface area contributed by atoms with Gasteiger partial charge in [0, 0.05) is 6.42 Å². The Balaban J connectivity index is 2.66. The van der Waals surface area contributed by atoms with E-state index in [2.05, 4.69) is 4.79 Å². The molecule has 0 bridgehead atoms. The van der Waals surface area contributed by atoms with E-state index >= 15 is 0 Å². The molecule has 1 aromatic carbocycles. The van der Waals surface area contributed by atoms with Crippen LogP contribution in [0, 0.1) is 0 Å². The van der Waals surface area contributed by atoms with Gasteiger partial charge in [0.1, 0.15) is 5.75 Å². The summed E-state index contributed by atoms with van der Waals surface area (Å²) in [5.74, 6) is 0.743. The van der Waals surface area contributed by atoms with Crippen molar-refractivity contribution in [1.82, 2.24) is 0 Å². The highest BCUT2D eigenvalue weighted by atomic mass is 28.3. The lowest BCUT2D eigenvalue weighted by atomic mass is 10.1. The van der Waals surface area contributed by atoms with Crippen molar-refractivity contribution in [1.29, 1.82) is 0 Å². The van der Waals surface area contributed by atoms with Gasteiger partial charge in [-0.05, 0) is 24.1 Å². The van der Waals surface area contributed by atoms with Gasteiger partial charge >= 0.3 is 0 Å². The Labute approximate surface area is 115 Å². The lowest BCUT2D eigenvalue weighted by Crippen LogP contribution is -2.40. The first-order valence-corrected chi connectivity index (χ1v) is 9.77. The SMILES string of the molecule is COc1ccc(CCC(=O)C(=[N+]=[N-])[Si](C)(C)C)cc1. The molecule has 0 fully saturated rings. The molecular weight excluding hydrogens is 256 g/mol. The van der Waals surface area contributed by atoms with Crippen LogP contribution in [0.1, 0.15) is 12.0 Å². The number of benzene rings is 1. The molecule has 19 heavy (non-hydrogen) atoms. The molecule has 0 aliphatic rings. The summed E-state index contributed by atoms with van der Waals surface area (Å²) < 4.78 is 5.08. The molecule has 0 saturated carbocycles. The number of ketones is 1. The van der Waals surface area contributed by atoms with Crippen LogP contribution in [0.2, 0.25) is 19.6 Å². The summed E-state index contributed by atoms with van der Waals surface area (Å²) >= 11 is 0. The van der Waals surface area contributed by atoms with Crippen molar-refractivity contribution in [3.8, 4) is 5.75 Å². The first kappa shape index (κ1) is 15.3. The zero-order valence-electron chi connectivity index (χ0n) is 11.9. The largest absolute Gasteiger partial charge is 0.497 e. The quantitative estimate of drug-likeness (QED) is 0.347. The van der Waals surface area contributed by atoms with Gasteiger partial charge in [-0.25, -0.2) is 0 Å². The molecule has 0 saturated heterocycles. The molecule has 0 aliphatic carbocycles. The molecule has 0 amide bonds. The van der Waals surface area contributed by atoms with Crippen molar-refractivity contribution in [2.24, 2.45) is 0 Å². The van der Waals surface area contributed by atoms with E-state index in [0.29, 0.717) is 18.2 Å². The van der Waals surface area contributed by atoms with E-state index in [4.69, 9.17) is 10.3 Å². The van der Waals surface area contributed by atoms with E-state index < -0.39 is 8.07 Å². The van der Waals surface area contributed by atoms with Gasteiger partial charge in [0.05, 0.1) is 7.11 Å². The fourth-order valence-corrected chi connectivity index (χ4v) is 3.05. The highest BCUT2D eigenvalue weighted by molar-refractivity contribution is 7.11. The second-order valence-electron chi connectivity index (χ2n) is 5.47. The minimum Gasteiger partial charge on any atom is -0.497 e. The van der Waals surface area contributed by atoms with Crippen molar-refractivity contribution in [3.05, 3.63) is 35.4 Å². The number of carbonyl (C=O) groups excluding carboxylic acids is 1. The van der Waals surface area contributed by atoms with Gasteiger partial charge in [-0.3, -0.25) is 4.79 Å². The van der Waals surface area contributed by atoms with Crippen molar-refractivity contribution in [2.75, 3.05) is 7.11 Å². The second-order valence-corrected chi connectivity index (χ2v) is 10.4. The summed E-state index contributed by atoms with van der Waals surface area (Å²) in [4.78, 5) is 15.2. The minimum absolute atomic E-state index is 0.0579. The van der Waals surface area contributed by atoms with Crippen molar-refractivity contribution in [3.63, 3.8) is 0 Å². The van der Waals surface area contributed by atoms with Crippen LogP contribution < -0.4 is 4.74 Å². The van der Waals surface area contributed by atoms with Gasteiger partial charge in [0.2, 0.25) is 5.78 Å². The van der Waals surface area contributed by atoms with Crippen LogP contribution in [0.25, 0.3) is 5.53 Å². The van der Waals surface area contributed by atoms with Crippen molar-refractivity contribution in [2.45, 2.75) is 32.5 Å². The molecule has 0 unspecified atom stereocenters. The number of rotatable bonds is 6. The van der Waals surface area contributed by atoms with E-state index in [1.54, 1.807) is 7.11 Å². The third-order valence-electron chi connectivity index (χ3n) is 2.87. The topological polar surface area (TPSA) is 62.7 Å². The maximum absolute atomic E-state index is 12.0. The van der Waals surface area contributed by atoms with Crippen LogP contribution in [-0.4, -0.2) is 31.1 Å². The van der Waals surface area contributed by atoms with E-state index in [-0.39, 0.29) is 5.78 Å². The molecule has 0 radical (unpaired) electrons. The molecule has 1 aromatic rings. The number of Topliss-reactive ketones (excluding diaryl/α,β-unsaturated/α-hetero) is 1. The molecule has 0 heterocycles. The first-order valence-electron chi connectivity index (χ1n) is 6.27. The molecule has 0 spiro atoms. The van der Waals surface area contributed by atoms with Crippen LogP contribution in [0.15, 0.2) is 24.3 Å². The number of aryl methyl sites for hydroxylation is 1. The van der Waals surface area contributed by atoms with Crippen LogP contribution in [0.3, 0.4) is 0 Å². The Morgan fingerprint density at radius 2 is 1.84 bits per heavy atom. The van der Waals surface area contributed by atoms with Crippen molar-refractivity contribution < 1.29 is 14.3 Å². The Hall–Kier alpha value is -1.71.